The molecule has 0 heterocycles. The van der Waals surface area contributed by atoms with E-state index in [1.165, 1.54) is 0 Å². The van der Waals surface area contributed by atoms with Gasteiger partial charge in [0.15, 0.2) is 6.10 Å². The van der Waals surface area contributed by atoms with Crippen molar-refractivity contribution < 1.29 is 19.8 Å². The minimum Gasteiger partial charge on any atom is -0.479 e. The summed E-state index contributed by atoms with van der Waals surface area (Å²) in [5.41, 5.74) is 0.509. The van der Waals surface area contributed by atoms with E-state index in [9.17, 15) is 9.59 Å². The van der Waals surface area contributed by atoms with E-state index in [1.807, 2.05) is 28.7 Å². The topological polar surface area (TPSA) is 86.6 Å². The van der Waals surface area contributed by atoms with Gasteiger partial charge >= 0.3 is 5.97 Å². The number of carboxylic acid groups (broad SMARTS) is 1. The quantitative estimate of drug-likeness (QED) is 0.623. The van der Waals surface area contributed by atoms with Gasteiger partial charge in [0.05, 0.1) is 5.56 Å². The highest BCUT2D eigenvalue weighted by Crippen LogP contribution is 2.18. The number of hydrogen-bond acceptors (Lipinski definition) is 3. The van der Waals surface area contributed by atoms with Gasteiger partial charge in [-0.15, -0.1) is 0 Å². The molecule has 0 saturated heterocycles. The fourth-order valence-corrected chi connectivity index (χ4v) is 2.15. The summed E-state index contributed by atoms with van der Waals surface area (Å²) in [7, 11) is 0. The van der Waals surface area contributed by atoms with Crippen molar-refractivity contribution in [2.24, 2.45) is 0 Å². The summed E-state index contributed by atoms with van der Waals surface area (Å²) in [6.45, 7) is 0.106. The molecule has 18 heavy (non-hydrogen) atoms. The summed E-state index contributed by atoms with van der Waals surface area (Å²) in [6.07, 6.45) is -1.47. The maximum absolute atomic E-state index is 11.8. The predicted molar refractivity (Wildman–Crippen MR) is 77.5 cm³/mol. The van der Waals surface area contributed by atoms with E-state index in [-0.39, 0.29) is 18.9 Å². The third-order valence-corrected chi connectivity index (χ3v) is 3.60. The number of aliphatic carboxylic acids is 1. The van der Waals surface area contributed by atoms with Gasteiger partial charge in [-0.1, -0.05) is 15.9 Å². The van der Waals surface area contributed by atoms with Gasteiger partial charge < -0.3 is 15.5 Å². The number of carbonyl (C=O) groups excluding carboxylic acids is 1. The number of rotatable bonds is 5. The molecule has 1 rings (SSSR count). The van der Waals surface area contributed by atoms with Crippen LogP contribution in [0.4, 0.5) is 0 Å². The summed E-state index contributed by atoms with van der Waals surface area (Å²) in [5, 5.41) is 20.1. The highest BCUT2D eigenvalue weighted by molar-refractivity contribution is 14.1. The Bertz CT molecular complexity index is 466. The lowest BCUT2D eigenvalue weighted by molar-refractivity contribution is -0.146. The maximum atomic E-state index is 11.8. The summed E-state index contributed by atoms with van der Waals surface area (Å²) in [4.78, 5) is 22.2. The molecule has 98 valence electrons. The Morgan fingerprint density at radius 2 is 2.11 bits per heavy atom. The number of nitrogens with one attached hydrogen (secondary N) is 1. The lowest BCUT2D eigenvalue weighted by Crippen LogP contribution is -2.30. The van der Waals surface area contributed by atoms with Gasteiger partial charge in [-0.3, -0.25) is 4.79 Å². The normalized spacial score (nSPS) is 11.9. The van der Waals surface area contributed by atoms with Gasteiger partial charge in [0.25, 0.3) is 5.91 Å². The average Bonchev–Trinajstić information content (AvgIpc) is 2.31. The lowest BCUT2D eigenvalue weighted by atomic mass is 10.2. The van der Waals surface area contributed by atoms with Gasteiger partial charge in [0, 0.05) is 21.0 Å². The molecule has 1 atom stereocenters. The van der Waals surface area contributed by atoms with Gasteiger partial charge in [-0.2, -0.15) is 0 Å². The standard InChI is InChI=1S/C11H11BrINO4/c12-6-1-2-8(13)7(5-6)10(16)14-4-3-9(15)11(17)18/h1-2,5,9,15H,3-4H2,(H,14,16)(H,17,18)/t9-/m0/s1. The summed E-state index contributed by atoms with van der Waals surface area (Å²) >= 11 is 5.32. The number of carboxylic acids is 1. The zero-order valence-electron chi connectivity index (χ0n) is 9.19. The molecule has 0 aliphatic heterocycles. The number of amides is 1. The number of halogens is 2. The van der Waals surface area contributed by atoms with Crippen molar-refractivity contribution >= 4 is 50.4 Å². The van der Waals surface area contributed by atoms with E-state index in [0.29, 0.717) is 5.56 Å². The van der Waals surface area contributed by atoms with E-state index < -0.39 is 12.1 Å². The van der Waals surface area contributed by atoms with Crippen molar-refractivity contribution in [2.45, 2.75) is 12.5 Å². The van der Waals surface area contributed by atoms with Crippen LogP contribution in [0.1, 0.15) is 16.8 Å². The first-order chi connectivity index (χ1) is 8.41. The van der Waals surface area contributed by atoms with E-state index in [1.54, 1.807) is 12.1 Å². The molecule has 0 radical (unpaired) electrons. The van der Waals surface area contributed by atoms with Crippen molar-refractivity contribution in [3.05, 3.63) is 31.8 Å². The predicted octanol–water partition coefficient (Wildman–Crippen LogP) is 1.62. The van der Waals surface area contributed by atoms with E-state index in [4.69, 9.17) is 10.2 Å². The van der Waals surface area contributed by atoms with Crippen LogP contribution in [0.3, 0.4) is 0 Å². The second-order valence-corrected chi connectivity index (χ2v) is 5.60. The molecule has 3 N–H and O–H groups in total. The minimum atomic E-state index is -1.45. The number of benzene rings is 1. The van der Waals surface area contributed by atoms with Crippen molar-refractivity contribution in [3.63, 3.8) is 0 Å². The van der Waals surface area contributed by atoms with Crippen LogP contribution >= 0.6 is 38.5 Å². The van der Waals surface area contributed by atoms with Gasteiger partial charge in [0.1, 0.15) is 0 Å². The summed E-state index contributed by atoms with van der Waals surface area (Å²) in [6, 6.07) is 5.31. The zero-order valence-corrected chi connectivity index (χ0v) is 12.9. The Morgan fingerprint density at radius 1 is 1.44 bits per heavy atom. The number of hydrogen-bond donors (Lipinski definition) is 3. The molecule has 1 aromatic rings. The van der Waals surface area contributed by atoms with Crippen LogP contribution in [0.2, 0.25) is 0 Å². The van der Waals surface area contributed by atoms with Crippen LogP contribution in [0.25, 0.3) is 0 Å². The van der Waals surface area contributed by atoms with Crippen molar-refractivity contribution in [3.8, 4) is 0 Å². The van der Waals surface area contributed by atoms with Crippen LogP contribution in [0.15, 0.2) is 22.7 Å². The summed E-state index contributed by atoms with van der Waals surface area (Å²) in [5.74, 6) is -1.58. The highest BCUT2D eigenvalue weighted by atomic mass is 127. The first-order valence-electron chi connectivity index (χ1n) is 5.06. The average molecular weight is 428 g/mol. The monoisotopic (exact) mass is 427 g/mol. The number of aliphatic hydroxyl groups excluding tert-OH is 1. The maximum Gasteiger partial charge on any atom is 0.332 e. The third-order valence-electron chi connectivity index (χ3n) is 2.16. The van der Waals surface area contributed by atoms with Crippen LogP contribution in [0, 0.1) is 3.57 Å². The molecular weight excluding hydrogens is 417 g/mol. The molecule has 1 aromatic carbocycles. The van der Waals surface area contributed by atoms with Crippen LogP contribution < -0.4 is 5.32 Å². The molecule has 0 unspecified atom stereocenters. The Kier molecular flexibility index (Phi) is 6.03. The van der Waals surface area contributed by atoms with Crippen molar-refractivity contribution in [1.82, 2.24) is 5.32 Å². The van der Waals surface area contributed by atoms with Gasteiger partial charge in [-0.05, 0) is 40.8 Å². The second kappa shape index (κ2) is 7.05. The molecule has 5 nitrogen and oxygen atoms in total. The molecule has 1 amide bonds. The Labute approximate surface area is 126 Å². The van der Waals surface area contributed by atoms with Crippen LogP contribution in [-0.4, -0.2) is 34.7 Å². The lowest BCUT2D eigenvalue weighted by Gasteiger charge is -2.08. The second-order valence-electron chi connectivity index (χ2n) is 3.52. The SMILES string of the molecule is O=C(NCC[C@H](O)C(=O)O)c1cc(Br)ccc1I. The van der Waals surface area contributed by atoms with Gasteiger partial charge in [-0.25, -0.2) is 4.79 Å². The Hall–Kier alpha value is -0.670. The highest BCUT2D eigenvalue weighted by Gasteiger charge is 2.14. The molecule has 0 aliphatic rings. The molecule has 7 heteroatoms. The van der Waals surface area contributed by atoms with E-state index >= 15 is 0 Å². The molecule has 0 saturated carbocycles. The largest absolute Gasteiger partial charge is 0.479 e. The smallest absolute Gasteiger partial charge is 0.332 e. The minimum absolute atomic E-state index is 0.0222. The van der Waals surface area contributed by atoms with E-state index in [2.05, 4.69) is 21.2 Å². The van der Waals surface area contributed by atoms with E-state index in [0.717, 1.165) is 8.04 Å². The first-order valence-corrected chi connectivity index (χ1v) is 6.93. The molecule has 0 spiro atoms. The summed E-state index contributed by atoms with van der Waals surface area (Å²) < 4.78 is 1.59. The van der Waals surface area contributed by atoms with Gasteiger partial charge in [0.2, 0.25) is 0 Å². The first kappa shape index (κ1) is 15.4. The fourth-order valence-electron chi connectivity index (χ4n) is 1.21. The number of aliphatic hydroxyl groups is 1. The Morgan fingerprint density at radius 3 is 2.72 bits per heavy atom. The fraction of sp³-hybridized carbons (Fsp3) is 0.273. The molecular formula is C11H11BrINO4. The third kappa shape index (κ3) is 4.54. The molecule has 0 bridgehead atoms. The zero-order chi connectivity index (χ0) is 13.7. The molecule has 0 fully saturated rings. The molecule has 0 aromatic heterocycles. The van der Waals surface area contributed by atoms with Crippen molar-refractivity contribution in [2.75, 3.05) is 6.54 Å². The van der Waals surface area contributed by atoms with Crippen LogP contribution in [0.5, 0.6) is 0 Å². The Balaban J connectivity index is 2.55. The number of carbonyl (C=O) groups is 2. The van der Waals surface area contributed by atoms with Crippen molar-refractivity contribution in [1.29, 1.82) is 0 Å². The molecule has 0 aliphatic carbocycles. The van der Waals surface area contributed by atoms with Crippen LogP contribution in [-0.2, 0) is 4.79 Å².